The molecule has 1 aromatic carbocycles. The molecule has 1 aliphatic heterocycles. The summed E-state index contributed by atoms with van der Waals surface area (Å²) in [5.74, 6) is 0.407. The van der Waals surface area contributed by atoms with Crippen molar-refractivity contribution < 1.29 is 9.53 Å². The molecule has 0 fully saturated rings. The normalized spacial score (nSPS) is 15.2. The first-order valence-electron chi connectivity index (χ1n) is 10.2. The second-order valence-electron chi connectivity index (χ2n) is 7.00. The molecule has 0 bridgehead atoms. The van der Waals surface area contributed by atoms with Crippen LogP contribution < -0.4 is 5.32 Å². The lowest BCUT2D eigenvalue weighted by Crippen LogP contribution is -2.12. The largest absolute Gasteiger partial charge is 0.421 e. The van der Waals surface area contributed by atoms with Gasteiger partial charge >= 0.3 is 5.97 Å². The number of carbonyl (C=O) groups is 1. The van der Waals surface area contributed by atoms with Gasteiger partial charge in [0.25, 0.3) is 0 Å². The van der Waals surface area contributed by atoms with Gasteiger partial charge in [-0.25, -0.2) is 4.79 Å². The Morgan fingerprint density at radius 2 is 1.58 bits per heavy atom. The molecule has 1 N–H and O–H groups in total. The maximum absolute atomic E-state index is 11.6. The van der Waals surface area contributed by atoms with E-state index in [4.69, 9.17) is 4.74 Å². The molecule has 1 aliphatic rings. The van der Waals surface area contributed by atoms with E-state index < -0.39 is 0 Å². The summed E-state index contributed by atoms with van der Waals surface area (Å²) in [7, 11) is 0. The number of hydrogen-bond acceptors (Lipinski definition) is 3. The SMILES string of the molecule is CCCCCCCCCCC/C=C1/OC(=O)C=C1NCc1ccccc1. The van der Waals surface area contributed by atoms with Crippen molar-refractivity contribution in [3.8, 4) is 0 Å². The average molecular weight is 356 g/mol. The Bertz CT molecular complexity index is 589. The van der Waals surface area contributed by atoms with E-state index >= 15 is 0 Å². The number of benzene rings is 1. The molecule has 0 saturated heterocycles. The Morgan fingerprint density at radius 1 is 0.923 bits per heavy atom. The molecule has 0 aromatic heterocycles. The third-order valence-electron chi connectivity index (χ3n) is 4.70. The Hall–Kier alpha value is -2.03. The molecule has 0 aliphatic carbocycles. The highest BCUT2D eigenvalue weighted by Gasteiger charge is 2.19. The van der Waals surface area contributed by atoms with Crippen LogP contribution in [0.25, 0.3) is 0 Å². The molecular weight excluding hydrogens is 322 g/mol. The second-order valence-corrected chi connectivity index (χ2v) is 7.00. The molecule has 0 amide bonds. The van der Waals surface area contributed by atoms with Gasteiger partial charge in [0.05, 0.1) is 11.8 Å². The average Bonchev–Trinajstić information content (AvgIpc) is 3.02. The van der Waals surface area contributed by atoms with Crippen LogP contribution in [0.2, 0.25) is 0 Å². The van der Waals surface area contributed by atoms with Crippen molar-refractivity contribution in [3.63, 3.8) is 0 Å². The van der Waals surface area contributed by atoms with Gasteiger partial charge in [0.15, 0.2) is 5.76 Å². The second kappa shape index (κ2) is 12.3. The molecule has 3 heteroatoms. The maximum Gasteiger partial charge on any atom is 0.338 e. The van der Waals surface area contributed by atoms with Crippen LogP contribution in [-0.4, -0.2) is 5.97 Å². The molecule has 0 unspecified atom stereocenters. The number of nitrogens with one attached hydrogen (secondary N) is 1. The van der Waals surface area contributed by atoms with E-state index in [1.807, 2.05) is 18.2 Å². The third kappa shape index (κ3) is 7.90. The first-order valence-corrected chi connectivity index (χ1v) is 10.2. The first-order chi connectivity index (χ1) is 12.8. The zero-order chi connectivity index (χ0) is 18.5. The summed E-state index contributed by atoms with van der Waals surface area (Å²) in [5.41, 5.74) is 1.99. The zero-order valence-electron chi connectivity index (χ0n) is 16.1. The Labute approximate surface area is 158 Å². The van der Waals surface area contributed by atoms with Crippen molar-refractivity contribution in [2.75, 3.05) is 0 Å². The van der Waals surface area contributed by atoms with E-state index in [0.29, 0.717) is 12.3 Å². The van der Waals surface area contributed by atoms with Gasteiger partial charge in [-0.1, -0.05) is 88.6 Å². The number of esters is 1. The molecular formula is C23H33NO2. The van der Waals surface area contributed by atoms with Gasteiger partial charge in [0, 0.05) is 6.54 Å². The Morgan fingerprint density at radius 3 is 2.27 bits per heavy atom. The predicted molar refractivity (Wildman–Crippen MR) is 107 cm³/mol. The van der Waals surface area contributed by atoms with Crippen molar-refractivity contribution >= 4 is 5.97 Å². The molecule has 0 saturated carbocycles. The predicted octanol–water partition coefficient (Wildman–Crippen LogP) is 6.02. The van der Waals surface area contributed by atoms with Gasteiger partial charge in [0.2, 0.25) is 0 Å². The molecule has 2 rings (SSSR count). The molecule has 0 spiro atoms. The topological polar surface area (TPSA) is 38.3 Å². The number of ether oxygens (including phenoxy) is 1. The van der Waals surface area contributed by atoms with Gasteiger partial charge in [-0.05, 0) is 24.5 Å². The molecule has 1 heterocycles. The maximum atomic E-state index is 11.6. The van der Waals surface area contributed by atoms with E-state index in [9.17, 15) is 4.79 Å². The molecule has 26 heavy (non-hydrogen) atoms. The number of allylic oxidation sites excluding steroid dienone is 1. The van der Waals surface area contributed by atoms with Gasteiger partial charge in [-0.2, -0.15) is 0 Å². The van der Waals surface area contributed by atoms with Crippen LogP contribution in [0, 0.1) is 0 Å². The highest BCUT2D eigenvalue weighted by molar-refractivity contribution is 5.88. The quantitative estimate of drug-likeness (QED) is 0.347. The minimum Gasteiger partial charge on any atom is -0.421 e. The minimum atomic E-state index is -0.279. The summed E-state index contributed by atoms with van der Waals surface area (Å²) in [5, 5.41) is 3.31. The lowest BCUT2D eigenvalue weighted by Gasteiger charge is -2.08. The smallest absolute Gasteiger partial charge is 0.338 e. The number of unbranched alkanes of at least 4 members (excludes halogenated alkanes) is 9. The molecule has 142 valence electrons. The van der Waals surface area contributed by atoms with Gasteiger partial charge in [-0.15, -0.1) is 0 Å². The third-order valence-corrected chi connectivity index (χ3v) is 4.70. The Balaban J connectivity index is 1.62. The van der Waals surface area contributed by atoms with E-state index in [1.165, 1.54) is 56.9 Å². The Kier molecular flexibility index (Phi) is 9.63. The van der Waals surface area contributed by atoms with E-state index in [0.717, 1.165) is 18.5 Å². The summed E-state index contributed by atoms with van der Waals surface area (Å²) in [6, 6.07) is 10.2. The van der Waals surface area contributed by atoms with Crippen molar-refractivity contribution in [1.29, 1.82) is 0 Å². The lowest BCUT2D eigenvalue weighted by atomic mass is 10.1. The van der Waals surface area contributed by atoms with Crippen LogP contribution in [-0.2, 0) is 16.1 Å². The van der Waals surface area contributed by atoms with Gasteiger partial charge < -0.3 is 10.1 Å². The number of cyclic esters (lactones) is 1. The molecule has 3 nitrogen and oxygen atoms in total. The fraction of sp³-hybridized carbons (Fsp3) is 0.522. The van der Waals surface area contributed by atoms with Crippen LogP contribution >= 0.6 is 0 Å². The monoisotopic (exact) mass is 355 g/mol. The highest BCUT2D eigenvalue weighted by Crippen LogP contribution is 2.20. The number of carbonyl (C=O) groups excluding carboxylic acids is 1. The summed E-state index contributed by atoms with van der Waals surface area (Å²) in [4.78, 5) is 11.6. The van der Waals surface area contributed by atoms with E-state index in [2.05, 4.69) is 30.4 Å². The highest BCUT2D eigenvalue weighted by atomic mass is 16.5. The standard InChI is InChI=1S/C23H33NO2/c1-2-3-4-5-6-7-8-9-10-14-17-22-21(18-23(25)26-22)24-19-20-15-12-11-13-16-20/h11-13,15-18,24H,2-10,14,19H2,1H3/b22-17+. The number of hydrogen-bond donors (Lipinski definition) is 1. The number of rotatable bonds is 13. The first kappa shape index (κ1) is 20.3. The molecule has 1 aromatic rings. The lowest BCUT2D eigenvalue weighted by molar-refractivity contribution is -0.132. The van der Waals surface area contributed by atoms with Crippen molar-refractivity contribution in [3.05, 3.63) is 59.5 Å². The van der Waals surface area contributed by atoms with Crippen LogP contribution in [0.15, 0.2) is 53.9 Å². The van der Waals surface area contributed by atoms with Crippen LogP contribution in [0.5, 0.6) is 0 Å². The summed E-state index contributed by atoms with van der Waals surface area (Å²) < 4.78 is 5.31. The van der Waals surface area contributed by atoms with Crippen molar-refractivity contribution in [2.24, 2.45) is 0 Å². The van der Waals surface area contributed by atoms with Crippen LogP contribution in [0.4, 0.5) is 0 Å². The van der Waals surface area contributed by atoms with Crippen LogP contribution in [0.1, 0.15) is 76.7 Å². The summed E-state index contributed by atoms with van der Waals surface area (Å²) >= 11 is 0. The van der Waals surface area contributed by atoms with E-state index in [1.54, 1.807) is 6.08 Å². The van der Waals surface area contributed by atoms with Crippen molar-refractivity contribution in [1.82, 2.24) is 5.32 Å². The fourth-order valence-electron chi connectivity index (χ4n) is 3.15. The fourth-order valence-corrected chi connectivity index (χ4v) is 3.15. The van der Waals surface area contributed by atoms with Crippen LogP contribution in [0.3, 0.4) is 0 Å². The molecule has 0 radical (unpaired) electrons. The minimum absolute atomic E-state index is 0.279. The molecule has 0 atom stereocenters. The van der Waals surface area contributed by atoms with Crippen molar-refractivity contribution in [2.45, 2.75) is 77.7 Å². The van der Waals surface area contributed by atoms with E-state index in [-0.39, 0.29) is 5.97 Å². The zero-order valence-corrected chi connectivity index (χ0v) is 16.1. The van der Waals surface area contributed by atoms with Gasteiger partial charge in [0.1, 0.15) is 0 Å². The summed E-state index contributed by atoms with van der Waals surface area (Å²) in [6.07, 6.45) is 16.5. The van der Waals surface area contributed by atoms with Gasteiger partial charge in [-0.3, -0.25) is 0 Å². The summed E-state index contributed by atoms with van der Waals surface area (Å²) in [6.45, 7) is 2.95.